The number of nitrogen functional groups attached to an aromatic ring is 1. The largest absolute Gasteiger partial charge is 0.399 e. The van der Waals surface area contributed by atoms with Gasteiger partial charge in [-0.2, -0.15) is 5.10 Å². The van der Waals surface area contributed by atoms with Crippen LogP contribution in [0, 0.1) is 0 Å². The van der Waals surface area contributed by atoms with Crippen LogP contribution in [0.4, 0.5) is 5.69 Å². The second-order valence-corrected chi connectivity index (χ2v) is 5.92. The van der Waals surface area contributed by atoms with Crippen molar-refractivity contribution in [3.8, 4) is 17.1 Å². The molecule has 0 aliphatic heterocycles. The van der Waals surface area contributed by atoms with Crippen LogP contribution in [-0.4, -0.2) is 30.4 Å². The highest BCUT2D eigenvalue weighted by Crippen LogP contribution is 2.27. The SMILES string of the molecule is CC(C)(C)c1ccn(-c2ccc(N)cc2-c2nnn[nH]2)n1. The Hall–Kier alpha value is -2.70. The Morgan fingerprint density at radius 2 is 2.00 bits per heavy atom. The first kappa shape index (κ1) is 13.3. The average molecular weight is 283 g/mol. The molecule has 0 amide bonds. The molecule has 2 heterocycles. The standard InChI is InChI=1S/C14H17N7/c1-14(2,3)12-6-7-21(18-12)11-5-4-9(15)8-10(11)13-16-19-20-17-13/h4-8H,15H2,1-3H3,(H,16,17,19,20). The summed E-state index contributed by atoms with van der Waals surface area (Å²) in [5, 5.41) is 18.6. The summed E-state index contributed by atoms with van der Waals surface area (Å²) < 4.78 is 1.82. The molecular weight excluding hydrogens is 266 g/mol. The van der Waals surface area contributed by atoms with Gasteiger partial charge in [-0.15, -0.1) is 5.10 Å². The normalized spacial score (nSPS) is 11.8. The van der Waals surface area contributed by atoms with Crippen molar-refractivity contribution in [1.29, 1.82) is 0 Å². The van der Waals surface area contributed by atoms with Gasteiger partial charge in [0.2, 0.25) is 0 Å². The molecule has 0 unspecified atom stereocenters. The summed E-state index contributed by atoms with van der Waals surface area (Å²) in [6.45, 7) is 6.39. The van der Waals surface area contributed by atoms with Gasteiger partial charge in [-0.05, 0) is 34.7 Å². The van der Waals surface area contributed by atoms with Crippen molar-refractivity contribution in [2.24, 2.45) is 0 Å². The van der Waals surface area contributed by atoms with Crippen molar-refractivity contribution in [2.45, 2.75) is 26.2 Å². The maximum atomic E-state index is 5.87. The first-order valence-corrected chi connectivity index (χ1v) is 6.65. The third-order valence-corrected chi connectivity index (χ3v) is 3.23. The van der Waals surface area contributed by atoms with Gasteiger partial charge in [0.25, 0.3) is 0 Å². The second kappa shape index (κ2) is 4.69. The zero-order valence-electron chi connectivity index (χ0n) is 12.2. The third-order valence-electron chi connectivity index (χ3n) is 3.23. The number of anilines is 1. The highest BCUT2D eigenvalue weighted by molar-refractivity contribution is 5.71. The van der Waals surface area contributed by atoms with Gasteiger partial charge in [-0.3, -0.25) is 0 Å². The Morgan fingerprint density at radius 3 is 2.62 bits per heavy atom. The molecule has 3 N–H and O–H groups in total. The Bertz CT molecular complexity index is 750. The van der Waals surface area contributed by atoms with Gasteiger partial charge >= 0.3 is 0 Å². The minimum atomic E-state index is -0.00693. The molecule has 3 rings (SSSR count). The van der Waals surface area contributed by atoms with Crippen LogP contribution in [0.1, 0.15) is 26.5 Å². The van der Waals surface area contributed by atoms with Gasteiger partial charge in [-0.1, -0.05) is 20.8 Å². The lowest BCUT2D eigenvalue weighted by Crippen LogP contribution is -2.12. The van der Waals surface area contributed by atoms with E-state index in [4.69, 9.17) is 5.73 Å². The maximum absolute atomic E-state index is 5.87. The smallest absolute Gasteiger partial charge is 0.181 e. The van der Waals surface area contributed by atoms with E-state index in [1.807, 2.05) is 35.1 Å². The molecule has 0 saturated heterocycles. The van der Waals surface area contributed by atoms with Crippen LogP contribution < -0.4 is 5.73 Å². The lowest BCUT2D eigenvalue weighted by molar-refractivity contribution is 0.560. The van der Waals surface area contributed by atoms with E-state index in [-0.39, 0.29) is 5.41 Å². The Balaban J connectivity index is 2.13. The van der Waals surface area contributed by atoms with Crippen LogP contribution in [0.3, 0.4) is 0 Å². The van der Waals surface area contributed by atoms with Crippen LogP contribution in [-0.2, 0) is 5.41 Å². The molecule has 0 saturated carbocycles. The first-order valence-electron chi connectivity index (χ1n) is 6.65. The van der Waals surface area contributed by atoms with Crippen molar-refractivity contribution < 1.29 is 0 Å². The van der Waals surface area contributed by atoms with Gasteiger partial charge in [0.15, 0.2) is 5.82 Å². The van der Waals surface area contributed by atoms with E-state index in [9.17, 15) is 0 Å². The monoisotopic (exact) mass is 283 g/mol. The molecular formula is C14H17N7. The fourth-order valence-corrected chi connectivity index (χ4v) is 2.07. The predicted octanol–water partition coefficient (Wildman–Crippen LogP) is 1.93. The number of tetrazole rings is 1. The van der Waals surface area contributed by atoms with Crippen molar-refractivity contribution in [1.82, 2.24) is 30.4 Å². The van der Waals surface area contributed by atoms with Gasteiger partial charge < -0.3 is 5.73 Å². The van der Waals surface area contributed by atoms with E-state index in [2.05, 4.69) is 46.5 Å². The number of nitrogens with one attached hydrogen (secondary N) is 1. The molecule has 7 heteroatoms. The van der Waals surface area contributed by atoms with Gasteiger partial charge in [0.05, 0.1) is 11.4 Å². The summed E-state index contributed by atoms with van der Waals surface area (Å²) >= 11 is 0. The molecule has 7 nitrogen and oxygen atoms in total. The Labute approximate surface area is 122 Å². The molecule has 3 aromatic rings. The molecule has 0 radical (unpaired) electrons. The van der Waals surface area contributed by atoms with Crippen LogP contribution in [0.15, 0.2) is 30.5 Å². The summed E-state index contributed by atoms with van der Waals surface area (Å²) in [6.07, 6.45) is 1.93. The van der Waals surface area contributed by atoms with E-state index >= 15 is 0 Å². The molecule has 21 heavy (non-hydrogen) atoms. The highest BCUT2D eigenvalue weighted by Gasteiger charge is 2.18. The molecule has 0 spiro atoms. The van der Waals surface area contributed by atoms with Crippen molar-refractivity contribution in [3.05, 3.63) is 36.2 Å². The predicted molar refractivity (Wildman–Crippen MR) is 79.8 cm³/mol. The fourth-order valence-electron chi connectivity index (χ4n) is 2.07. The lowest BCUT2D eigenvalue weighted by Gasteiger charge is -2.14. The summed E-state index contributed by atoms with van der Waals surface area (Å²) in [4.78, 5) is 0. The number of aromatic amines is 1. The number of H-pyrrole nitrogens is 1. The van der Waals surface area contributed by atoms with Gasteiger partial charge in [0, 0.05) is 22.9 Å². The molecule has 0 bridgehead atoms. The summed E-state index contributed by atoms with van der Waals surface area (Å²) in [5.74, 6) is 0.560. The van der Waals surface area contributed by atoms with Crippen molar-refractivity contribution in [2.75, 3.05) is 5.73 Å². The number of nitrogens with zero attached hydrogens (tertiary/aromatic N) is 5. The van der Waals surface area contributed by atoms with Crippen LogP contribution in [0.2, 0.25) is 0 Å². The summed E-state index contributed by atoms with van der Waals surface area (Å²) in [7, 11) is 0. The number of hydrogen-bond donors (Lipinski definition) is 2. The number of benzene rings is 1. The minimum Gasteiger partial charge on any atom is -0.399 e. The summed E-state index contributed by atoms with van der Waals surface area (Å²) in [5.41, 5.74) is 9.21. The molecule has 2 aromatic heterocycles. The fraction of sp³-hybridized carbons (Fsp3) is 0.286. The van der Waals surface area contributed by atoms with E-state index in [1.54, 1.807) is 0 Å². The Morgan fingerprint density at radius 1 is 1.19 bits per heavy atom. The summed E-state index contributed by atoms with van der Waals surface area (Å²) in [6, 6.07) is 7.59. The van der Waals surface area contributed by atoms with Crippen LogP contribution >= 0.6 is 0 Å². The van der Waals surface area contributed by atoms with E-state index in [0.717, 1.165) is 16.9 Å². The van der Waals surface area contributed by atoms with Gasteiger partial charge in [0.1, 0.15) is 0 Å². The first-order chi connectivity index (χ1) is 9.95. The third kappa shape index (κ3) is 2.49. The number of aromatic nitrogens is 6. The quantitative estimate of drug-likeness (QED) is 0.700. The average Bonchev–Trinajstić information content (AvgIpc) is 3.09. The highest BCUT2D eigenvalue weighted by atomic mass is 15.5. The molecule has 108 valence electrons. The molecule has 0 aliphatic carbocycles. The van der Waals surface area contributed by atoms with E-state index in [0.29, 0.717) is 11.5 Å². The zero-order valence-corrected chi connectivity index (χ0v) is 12.2. The Kier molecular flexibility index (Phi) is 2.97. The van der Waals surface area contributed by atoms with Gasteiger partial charge in [-0.25, -0.2) is 9.78 Å². The second-order valence-electron chi connectivity index (χ2n) is 5.92. The van der Waals surface area contributed by atoms with Crippen molar-refractivity contribution >= 4 is 5.69 Å². The lowest BCUT2D eigenvalue weighted by atomic mass is 9.93. The van der Waals surface area contributed by atoms with Crippen LogP contribution in [0.25, 0.3) is 17.1 Å². The number of hydrogen-bond acceptors (Lipinski definition) is 5. The molecule has 0 atom stereocenters. The van der Waals surface area contributed by atoms with Crippen molar-refractivity contribution in [3.63, 3.8) is 0 Å². The zero-order chi connectivity index (χ0) is 15.0. The molecule has 0 fully saturated rings. The molecule has 0 aliphatic rings. The molecule has 1 aromatic carbocycles. The topological polar surface area (TPSA) is 98.3 Å². The minimum absolute atomic E-state index is 0.00693. The van der Waals surface area contributed by atoms with Crippen LogP contribution in [0.5, 0.6) is 0 Å². The van der Waals surface area contributed by atoms with E-state index in [1.165, 1.54) is 0 Å². The maximum Gasteiger partial charge on any atom is 0.181 e. The number of rotatable bonds is 2. The number of nitrogens with two attached hydrogens (primary N) is 1. The van der Waals surface area contributed by atoms with E-state index < -0.39 is 0 Å².